The highest BCUT2D eigenvalue weighted by molar-refractivity contribution is 5.90. The van der Waals surface area contributed by atoms with E-state index < -0.39 is 17.3 Å². The third-order valence-corrected chi connectivity index (χ3v) is 6.08. The normalized spacial score (nSPS) is 18.3. The van der Waals surface area contributed by atoms with Crippen LogP contribution in [-0.2, 0) is 11.0 Å². The van der Waals surface area contributed by atoms with E-state index in [-0.39, 0.29) is 11.9 Å². The maximum absolute atomic E-state index is 13.5. The summed E-state index contributed by atoms with van der Waals surface area (Å²) in [5.74, 6) is 0.267. The molecular formula is C22H23F3N6O. The van der Waals surface area contributed by atoms with Gasteiger partial charge in [-0.25, -0.2) is 9.97 Å². The molecule has 1 aromatic carbocycles. The van der Waals surface area contributed by atoms with Crippen molar-refractivity contribution < 1.29 is 18.0 Å². The van der Waals surface area contributed by atoms with Gasteiger partial charge in [0.1, 0.15) is 5.54 Å². The molecule has 0 radical (unpaired) electrons. The van der Waals surface area contributed by atoms with Gasteiger partial charge in [0, 0.05) is 44.3 Å². The van der Waals surface area contributed by atoms with Crippen LogP contribution in [0, 0.1) is 11.3 Å². The SMILES string of the molecule is N#Cc1ccc(NC2(C(=O)N3CCN(c4ncc(C(F)(F)F)cn4)CC3)CCCC2)cc1. The number of nitrogens with one attached hydrogen (secondary N) is 1. The average molecular weight is 444 g/mol. The van der Waals surface area contributed by atoms with E-state index in [1.54, 1.807) is 17.0 Å². The number of carbonyl (C=O) groups is 1. The number of nitriles is 1. The summed E-state index contributed by atoms with van der Waals surface area (Å²) in [5, 5.41) is 12.4. The van der Waals surface area contributed by atoms with Gasteiger partial charge in [0.05, 0.1) is 17.2 Å². The lowest BCUT2D eigenvalue weighted by atomic mass is 9.94. The molecule has 0 spiro atoms. The van der Waals surface area contributed by atoms with E-state index in [1.165, 1.54) is 0 Å². The van der Waals surface area contributed by atoms with Crippen LogP contribution in [0.2, 0.25) is 0 Å². The van der Waals surface area contributed by atoms with Crippen LogP contribution in [0.15, 0.2) is 36.7 Å². The minimum atomic E-state index is -4.47. The summed E-state index contributed by atoms with van der Waals surface area (Å²) in [6.45, 7) is 1.79. The van der Waals surface area contributed by atoms with Gasteiger partial charge in [-0.2, -0.15) is 18.4 Å². The van der Waals surface area contributed by atoms with Crippen molar-refractivity contribution in [2.24, 2.45) is 0 Å². The smallest absolute Gasteiger partial charge is 0.371 e. The molecule has 1 N–H and O–H groups in total. The van der Waals surface area contributed by atoms with Crippen molar-refractivity contribution >= 4 is 17.5 Å². The fourth-order valence-electron chi connectivity index (χ4n) is 4.32. The van der Waals surface area contributed by atoms with Crippen LogP contribution in [0.4, 0.5) is 24.8 Å². The van der Waals surface area contributed by atoms with Crippen LogP contribution in [0.3, 0.4) is 0 Å². The van der Waals surface area contributed by atoms with Gasteiger partial charge >= 0.3 is 6.18 Å². The minimum Gasteiger partial charge on any atom is -0.371 e. The maximum Gasteiger partial charge on any atom is 0.419 e. The number of carbonyl (C=O) groups excluding carboxylic acids is 1. The van der Waals surface area contributed by atoms with Gasteiger partial charge in [0.25, 0.3) is 0 Å². The van der Waals surface area contributed by atoms with Gasteiger partial charge in [-0.1, -0.05) is 12.8 Å². The highest BCUT2D eigenvalue weighted by atomic mass is 19.4. The van der Waals surface area contributed by atoms with Crippen LogP contribution in [0.1, 0.15) is 36.8 Å². The van der Waals surface area contributed by atoms with E-state index >= 15 is 0 Å². The molecule has 1 saturated carbocycles. The molecule has 1 aliphatic carbocycles. The Hall–Kier alpha value is -3.35. The van der Waals surface area contributed by atoms with Crippen molar-refractivity contribution in [3.63, 3.8) is 0 Å². The second kappa shape index (κ2) is 8.65. The Balaban J connectivity index is 1.41. The Morgan fingerprint density at radius 1 is 1.03 bits per heavy atom. The third-order valence-electron chi connectivity index (χ3n) is 6.08. The largest absolute Gasteiger partial charge is 0.419 e. The Morgan fingerprint density at radius 3 is 2.16 bits per heavy atom. The molecule has 0 bridgehead atoms. The van der Waals surface area contributed by atoms with E-state index in [4.69, 9.17) is 5.26 Å². The Bertz CT molecular complexity index is 986. The summed E-state index contributed by atoms with van der Waals surface area (Å²) >= 11 is 0. The summed E-state index contributed by atoms with van der Waals surface area (Å²) in [6.07, 6.45) is 0.468. The molecular weight excluding hydrogens is 421 g/mol. The maximum atomic E-state index is 13.5. The highest BCUT2D eigenvalue weighted by Crippen LogP contribution is 2.35. The van der Waals surface area contributed by atoms with Crippen molar-refractivity contribution in [2.45, 2.75) is 37.4 Å². The zero-order chi connectivity index (χ0) is 22.8. The number of piperazine rings is 1. The van der Waals surface area contributed by atoms with Gasteiger partial charge in [0.2, 0.25) is 11.9 Å². The summed E-state index contributed by atoms with van der Waals surface area (Å²) in [4.78, 5) is 24.8. The Labute approximate surface area is 183 Å². The molecule has 0 unspecified atom stereocenters. The number of hydrogen-bond donors (Lipinski definition) is 1. The van der Waals surface area contributed by atoms with E-state index in [0.717, 1.165) is 43.8 Å². The number of benzene rings is 1. The molecule has 32 heavy (non-hydrogen) atoms. The lowest BCUT2D eigenvalue weighted by Gasteiger charge is -2.40. The molecule has 1 saturated heterocycles. The van der Waals surface area contributed by atoms with Gasteiger partial charge in [-0.3, -0.25) is 4.79 Å². The van der Waals surface area contributed by atoms with Crippen LogP contribution in [0.5, 0.6) is 0 Å². The fourth-order valence-corrected chi connectivity index (χ4v) is 4.32. The molecule has 7 nitrogen and oxygen atoms in total. The van der Waals surface area contributed by atoms with Crippen molar-refractivity contribution in [1.29, 1.82) is 5.26 Å². The number of anilines is 2. The monoisotopic (exact) mass is 444 g/mol. The first kappa shape index (κ1) is 21.9. The molecule has 1 aliphatic heterocycles. The van der Waals surface area contributed by atoms with E-state index in [0.29, 0.717) is 31.7 Å². The molecule has 1 aromatic heterocycles. The zero-order valence-electron chi connectivity index (χ0n) is 17.4. The van der Waals surface area contributed by atoms with Gasteiger partial charge < -0.3 is 15.1 Å². The molecule has 1 amide bonds. The molecule has 2 aliphatic rings. The lowest BCUT2D eigenvalue weighted by Crippen LogP contribution is -2.58. The summed E-state index contributed by atoms with van der Waals surface area (Å²) in [7, 11) is 0. The predicted octanol–water partition coefficient (Wildman–Crippen LogP) is 3.44. The molecule has 10 heteroatoms. The van der Waals surface area contributed by atoms with Crippen LogP contribution in [0.25, 0.3) is 0 Å². The highest BCUT2D eigenvalue weighted by Gasteiger charge is 2.44. The average Bonchev–Trinajstić information content (AvgIpc) is 3.28. The second-order valence-electron chi connectivity index (χ2n) is 8.15. The minimum absolute atomic E-state index is 0.0346. The number of halogens is 3. The Kier molecular flexibility index (Phi) is 5.91. The lowest BCUT2D eigenvalue weighted by molar-refractivity contribution is -0.138. The standard InChI is InChI=1S/C22H23F3N6O/c23-22(24,25)17-14-27-20(28-15-17)31-11-9-30(10-12-31)19(32)21(7-1-2-8-21)29-18-5-3-16(13-26)4-6-18/h3-6,14-15,29H,1-2,7-12H2. The summed E-state index contributed by atoms with van der Waals surface area (Å²) in [6, 6.07) is 9.15. The van der Waals surface area contributed by atoms with Gasteiger partial charge in [0.15, 0.2) is 0 Å². The molecule has 168 valence electrons. The number of aromatic nitrogens is 2. The zero-order valence-corrected chi connectivity index (χ0v) is 17.4. The predicted molar refractivity (Wildman–Crippen MR) is 112 cm³/mol. The van der Waals surface area contributed by atoms with Crippen LogP contribution < -0.4 is 10.2 Å². The van der Waals surface area contributed by atoms with E-state index in [1.807, 2.05) is 17.0 Å². The number of amides is 1. The topological polar surface area (TPSA) is 85.2 Å². The number of alkyl halides is 3. The molecule has 2 fully saturated rings. The summed E-state index contributed by atoms with van der Waals surface area (Å²) < 4.78 is 38.2. The molecule has 0 atom stereocenters. The first-order valence-corrected chi connectivity index (χ1v) is 10.5. The quantitative estimate of drug-likeness (QED) is 0.778. The van der Waals surface area contributed by atoms with Gasteiger partial charge in [-0.05, 0) is 37.1 Å². The van der Waals surface area contributed by atoms with Crippen LogP contribution >= 0.6 is 0 Å². The third kappa shape index (κ3) is 4.47. The first-order chi connectivity index (χ1) is 15.3. The molecule has 4 rings (SSSR count). The van der Waals surface area contributed by atoms with Crippen molar-refractivity contribution in [2.75, 3.05) is 36.4 Å². The number of nitrogens with zero attached hydrogens (tertiary/aromatic N) is 5. The van der Waals surface area contributed by atoms with Crippen molar-refractivity contribution in [3.05, 3.63) is 47.8 Å². The fraction of sp³-hybridized carbons (Fsp3) is 0.455. The van der Waals surface area contributed by atoms with E-state index in [9.17, 15) is 18.0 Å². The Morgan fingerprint density at radius 2 is 1.62 bits per heavy atom. The molecule has 2 aromatic rings. The summed E-state index contributed by atoms with van der Waals surface area (Å²) in [5.41, 5.74) is -0.201. The number of rotatable bonds is 4. The first-order valence-electron chi connectivity index (χ1n) is 10.5. The van der Waals surface area contributed by atoms with Crippen LogP contribution in [-0.4, -0.2) is 52.5 Å². The second-order valence-corrected chi connectivity index (χ2v) is 8.15. The molecule has 2 heterocycles. The van der Waals surface area contributed by atoms with Gasteiger partial charge in [-0.15, -0.1) is 0 Å². The van der Waals surface area contributed by atoms with Crippen molar-refractivity contribution in [3.8, 4) is 6.07 Å². The number of hydrogen-bond acceptors (Lipinski definition) is 6. The van der Waals surface area contributed by atoms with Crippen molar-refractivity contribution in [1.82, 2.24) is 14.9 Å². The van der Waals surface area contributed by atoms with E-state index in [2.05, 4.69) is 21.4 Å².